The fourth-order valence-corrected chi connectivity index (χ4v) is 3.17. The van der Waals surface area contributed by atoms with Crippen molar-refractivity contribution in [3.8, 4) is 11.4 Å². The molecule has 0 N–H and O–H groups in total. The standard InChI is InChI=1S/C18H18FN3O/c19-15-4-1-3-14(11-15)17-21-16-5-2-8-20-18(16)22(17)12-13-6-9-23-10-7-13/h1-5,8,11,13H,6-7,9-10,12H2. The van der Waals surface area contributed by atoms with Crippen LogP contribution in [0, 0.1) is 11.7 Å². The minimum atomic E-state index is -0.250. The molecular formula is C18H18FN3O. The van der Waals surface area contributed by atoms with Crippen molar-refractivity contribution in [3.05, 3.63) is 48.4 Å². The third-order valence-corrected chi connectivity index (χ3v) is 4.37. The number of rotatable bonds is 3. The topological polar surface area (TPSA) is 39.9 Å². The van der Waals surface area contributed by atoms with Gasteiger partial charge in [-0.2, -0.15) is 0 Å². The van der Waals surface area contributed by atoms with Crippen LogP contribution in [0.25, 0.3) is 22.6 Å². The van der Waals surface area contributed by atoms with Gasteiger partial charge < -0.3 is 9.30 Å². The molecule has 118 valence electrons. The summed E-state index contributed by atoms with van der Waals surface area (Å²) in [6.45, 7) is 2.45. The highest BCUT2D eigenvalue weighted by Crippen LogP contribution is 2.27. The molecule has 23 heavy (non-hydrogen) atoms. The molecule has 2 aromatic heterocycles. The number of pyridine rings is 1. The van der Waals surface area contributed by atoms with Crippen molar-refractivity contribution in [2.75, 3.05) is 13.2 Å². The van der Waals surface area contributed by atoms with Crippen LogP contribution in [0.2, 0.25) is 0 Å². The van der Waals surface area contributed by atoms with Crippen LogP contribution in [0.15, 0.2) is 42.6 Å². The van der Waals surface area contributed by atoms with Gasteiger partial charge >= 0.3 is 0 Å². The highest BCUT2D eigenvalue weighted by molar-refractivity contribution is 5.77. The molecule has 0 aliphatic carbocycles. The summed E-state index contributed by atoms with van der Waals surface area (Å²) < 4.78 is 21.2. The Morgan fingerprint density at radius 2 is 2.04 bits per heavy atom. The lowest BCUT2D eigenvalue weighted by atomic mass is 10.00. The summed E-state index contributed by atoms with van der Waals surface area (Å²) in [7, 11) is 0. The van der Waals surface area contributed by atoms with E-state index in [2.05, 4.69) is 9.55 Å². The molecule has 0 atom stereocenters. The van der Waals surface area contributed by atoms with Crippen LogP contribution >= 0.6 is 0 Å². The van der Waals surface area contributed by atoms with Crippen molar-refractivity contribution in [1.82, 2.24) is 14.5 Å². The predicted molar refractivity (Wildman–Crippen MR) is 86.5 cm³/mol. The van der Waals surface area contributed by atoms with Gasteiger partial charge in [-0.15, -0.1) is 0 Å². The lowest BCUT2D eigenvalue weighted by Gasteiger charge is -2.23. The summed E-state index contributed by atoms with van der Waals surface area (Å²) in [5, 5.41) is 0. The van der Waals surface area contributed by atoms with Gasteiger partial charge in [0.05, 0.1) is 0 Å². The van der Waals surface area contributed by atoms with Crippen molar-refractivity contribution in [2.45, 2.75) is 19.4 Å². The first-order chi connectivity index (χ1) is 11.3. The summed E-state index contributed by atoms with van der Waals surface area (Å²) in [6, 6.07) is 10.4. The zero-order chi connectivity index (χ0) is 15.6. The Labute approximate surface area is 133 Å². The highest BCUT2D eigenvalue weighted by Gasteiger charge is 2.20. The second kappa shape index (κ2) is 6.08. The van der Waals surface area contributed by atoms with Gasteiger partial charge in [-0.25, -0.2) is 14.4 Å². The molecule has 1 aliphatic rings. The van der Waals surface area contributed by atoms with Gasteiger partial charge in [0.25, 0.3) is 0 Å². The number of imidazole rings is 1. The van der Waals surface area contributed by atoms with Gasteiger partial charge in [-0.05, 0) is 43.0 Å². The number of benzene rings is 1. The molecule has 1 aromatic carbocycles. The first kappa shape index (κ1) is 14.3. The lowest BCUT2D eigenvalue weighted by Crippen LogP contribution is -2.21. The molecular weight excluding hydrogens is 293 g/mol. The molecule has 3 heterocycles. The van der Waals surface area contributed by atoms with E-state index in [-0.39, 0.29) is 5.82 Å². The fourth-order valence-electron chi connectivity index (χ4n) is 3.17. The first-order valence-corrected chi connectivity index (χ1v) is 7.96. The van der Waals surface area contributed by atoms with Gasteiger partial charge in [0.1, 0.15) is 17.2 Å². The molecule has 0 spiro atoms. The normalized spacial score (nSPS) is 16.0. The summed E-state index contributed by atoms with van der Waals surface area (Å²) >= 11 is 0. The average Bonchev–Trinajstić information content (AvgIpc) is 2.95. The third kappa shape index (κ3) is 2.84. The molecule has 0 saturated carbocycles. The van der Waals surface area contributed by atoms with E-state index < -0.39 is 0 Å². The molecule has 4 rings (SSSR count). The minimum Gasteiger partial charge on any atom is -0.381 e. The SMILES string of the molecule is Fc1cccc(-c2nc3cccnc3n2CC2CCOCC2)c1. The Hall–Kier alpha value is -2.27. The van der Waals surface area contributed by atoms with E-state index in [1.54, 1.807) is 12.3 Å². The number of aromatic nitrogens is 3. The molecule has 0 amide bonds. The van der Waals surface area contributed by atoms with E-state index in [0.29, 0.717) is 5.92 Å². The van der Waals surface area contributed by atoms with Gasteiger partial charge in [-0.1, -0.05) is 12.1 Å². The fraction of sp³-hybridized carbons (Fsp3) is 0.333. The average molecular weight is 311 g/mol. The Morgan fingerprint density at radius 1 is 1.17 bits per heavy atom. The summed E-state index contributed by atoms with van der Waals surface area (Å²) in [4.78, 5) is 9.18. The maximum Gasteiger partial charge on any atom is 0.160 e. The van der Waals surface area contributed by atoms with E-state index in [0.717, 1.165) is 55.2 Å². The van der Waals surface area contributed by atoms with Crippen molar-refractivity contribution >= 4 is 11.2 Å². The quantitative estimate of drug-likeness (QED) is 0.741. The van der Waals surface area contributed by atoms with Gasteiger partial charge in [0.2, 0.25) is 0 Å². The zero-order valence-electron chi connectivity index (χ0n) is 12.8. The largest absolute Gasteiger partial charge is 0.381 e. The summed E-state index contributed by atoms with van der Waals surface area (Å²) in [5.74, 6) is 1.07. The second-order valence-electron chi connectivity index (χ2n) is 5.96. The lowest BCUT2D eigenvalue weighted by molar-refractivity contribution is 0.0617. The molecule has 1 aliphatic heterocycles. The van der Waals surface area contributed by atoms with Gasteiger partial charge in [0, 0.05) is 31.5 Å². The van der Waals surface area contributed by atoms with Gasteiger partial charge in [0.15, 0.2) is 5.65 Å². The van der Waals surface area contributed by atoms with E-state index in [4.69, 9.17) is 9.72 Å². The number of halogens is 1. The number of hydrogen-bond donors (Lipinski definition) is 0. The van der Waals surface area contributed by atoms with Gasteiger partial charge in [-0.3, -0.25) is 0 Å². The maximum absolute atomic E-state index is 13.6. The smallest absolute Gasteiger partial charge is 0.160 e. The van der Waals surface area contributed by atoms with Crippen molar-refractivity contribution < 1.29 is 9.13 Å². The Bertz CT molecular complexity index is 824. The Kier molecular flexibility index (Phi) is 3.79. The van der Waals surface area contributed by atoms with Crippen molar-refractivity contribution in [1.29, 1.82) is 0 Å². The number of ether oxygens (including phenoxy) is 1. The van der Waals surface area contributed by atoms with Crippen LogP contribution in [0.3, 0.4) is 0 Å². The first-order valence-electron chi connectivity index (χ1n) is 7.96. The third-order valence-electron chi connectivity index (χ3n) is 4.37. The van der Waals surface area contributed by atoms with E-state index >= 15 is 0 Å². The van der Waals surface area contributed by atoms with Crippen LogP contribution in [-0.4, -0.2) is 27.7 Å². The molecule has 0 unspecified atom stereocenters. The Balaban J connectivity index is 1.80. The van der Waals surface area contributed by atoms with Crippen molar-refractivity contribution in [3.63, 3.8) is 0 Å². The Morgan fingerprint density at radius 3 is 2.87 bits per heavy atom. The van der Waals surface area contributed by atoms with Crippen LogP contribution in [-0.2, 0) is 11.3 Å². The predicted octanol–water partition coefficient (Wildman–Crippen LogP) is 3.66. The van der Waals surface area contributed by atoms with Crippen LogP contribution < -0.4 is 0 Å². The van der Waals surface area contributed by atoms with Crippen LogP contribution in [0.1, 0.15) is 12.8 Å². The van der Waals surface area contributed by atoms with Crippen LogP contribution in [0.4, 0.5) is 4.39 Å². The molecule has 1 fully saturated rings. The second-order valence-corrected chi connectivity index (χ2v) is 5.96. The monoisotopic (exact) mass is 311 g/mol. The molecule has 5 heteroatoms. The zero-order valence-corrected chi connectivity index (χ0v) is 12.8. The van der Waals surface area contributed by atoms with Crippen LogP contribution in [0.5, 0.6) is 0 Å². The summed E-state index contributed by atoms with van der Waals surface area (Å²) in [5.41, 5.74) is 2.49. The molecule has 3 aromatic rings. The van der Waals surface area contributed by atoms with E-state index in [9.17, 15) is 4.39 Å². The number of nitrogens with zero attached hydrogens (tertiary/aromatic N) is 3. The van der Waals surface area contributed by atoms with E-state index in [1.807, 2.05) is 18.2 Å². The molecule has 4 nitrogen and oxygen atoms in total. The van der Waals surface area contributed by atoms with E-state index in [1.165, 1.54) is 12.1 Å². The molecule has 0 radical (unpaired) electrons. The number of hydrogen-bond acceptors (Lipinski definition) is 3. The molecule has 0 bridgehead atoms. The maximum atomic E-state index is 13.6. The summed E-state index contributed by atoms with van der Waals surface area (Å²) in [6.07, 6.45) is 3.85. The molecule has 1 saturated heterocycles. The number of fused-ring (bicyclic) bond motifs is 1. The van der Waals surface area contributed by atoms with Crippen molar-refractivity contribution in [2.24, 2.45) is 5.92 Å². The highest BCUT2D eigenvalue weighted by atomic mass is 19.1. The minimum absolute atomic E-state index is 0.250.